The summed E-state index contributed by atoms with van der Waals surface area (Å²) in [4.78, 5) is 0. The van der Waals surface area contributed by atoms with Crippen LogP contribution in [0, 0.1) is 11.6 Å². The average Bonchev–Trinajstić information content (AvgIpc) is 1.99. The van der Waals surface area contributed by atoms with Crippen LogP contribution in [0.3, 0.4) is 0 Å². The van der Waals surface area contributed by atoms with Crippen LogP contribution in [0.15, 0.2) is 18.2 Å². The van der Waals surface area contributed by atoms with E-state index in [0.29, 0.717) is 6.07 Å². The van der Waals surface area contributed by atoms with Gasteiger partial charge in [0.15, 0.2) is 6.10 Å². The summed E-state index contributed by atoms with van der Waals surface area (Å²) in [5.41, 5.74) is -0.239. The van der Waals surface area contributed by atoms with Crippen LogP contribution in [0.2, 0.25) is 0 Å². The standard InChI is InChI=1S/C9H7F5O/c10-6-1-5(2-7(11)4-6)3-8(15)9(12,13)14/h1-2,4,8,15H,3H2/t8-/m0/s1. The molecular formula is C9H7F5O. The minimum Gasteiger partial charge on any atom is -0.383 e. The topological polar surface area (TPSA) is 20.2 Å². The van der Waals surface area contributed by atoms with Crippen molar-refractivity contribution in [2.45, 2.75) is 18.7 Å². The zero-order valence-corrected chi connectivity index (χ0v) is 7.35. The molecule has 0 aromatic heterocycles. The van der Waals surface area contributed by atoms with E-state index in [0.717, 1.165) is 12.1 Å². The first kappa shape index (κ1) is 11.9. The van der Waals surface area contributed by atoms with Gasteiger partial charge in [-0.2, -0.15) is 13.2 Å². The second kappa shape index (κ2) is 4.14. The highest BCUT2D eigenvalue weighted by Crippen LogP contribution is 2.23. The van der Waals surface area contributed by atoms with E-state index in [2.05, 4.69) is 0 Å². The molecule has 0 aliphatic rings. The molecule has 84 valence electrons. The molecule has 0 saturated carbocycles. The van der Waals surface area contributed by atoms with Gasteiger partial charge >= 0.3 is 6.18 Å². The lowest BCUT2D eigenvalue weighted by Crippen LogP contribution is -2.30. The summed E-state index contributed by atoms with van der Waals surface area (Å²) in [7, 11) is 0. The molecular weight excluding hydrogens is 219 g/mol. The molecule has 1 rings (SSSR count). The molecule has 1 atom stereocenters. The number of hydrogen-bond acceptors (Lipinski definition) is 1. The SMILES string of the molecule is O[C@@H](Cc1cc(F)cc(F)c1)C(F)(F)F. The molecule has 0 aliphatic heterocycles. The summed E-state index contributed by atoms with van der Waals surface area (Å²) in [5.74, 6) is -1.95. The first-order valence-electron chi connectivity index (χ1n) is 3.99. The van der Waals surface area contributed by atoms with Gasteiger partial charge in [0, 0.05) is 12.5 Å². The number of alkyl halides is 3. The minimum absolute atomic E-state index is 0.239. The number of hydrogen-bond donors (Lipinski definition) is 1. The van der Waals surface area contributed by atoms with E-state index in [-0.39, 0.29) is 5.56 Å². The van der Waals surface area contributed by atoms with Crippen LogP contribution in [0.4, 0.5) is 22.0 Å². The second-order valence-electron chi connectivity index (χ2n) is 3.04. The second-order valence-corrected chi connectivity index (χ2v) is 3.04. The molecule has 6 heteroatoms. The summed E-state index contributed by atoms with van der Waals surface area (Å²) in [6.45, 7) is 0. The Morgan fingerprint density at radius 3 is 1.93 bits per heavy atom. The molecule has 0 unspecified atom stereocenters. The van der Waals surface area contributed by atoms with Crippen molar-refractivity contribution < 1.29 is 27.1 Å². The molecule has 1 aromatic carbocycles. The van der Waals surface area contributed by atoms with Crippen molar-refractivity contribution in [2.75, 3.05) is 0 Å². The molecule has 1 N–H and O–H groups in total. The Balaban J connectivity index is 2.81. The fourth-order valence-electron chi connectivity index (χ4n) is 1.07. The Bertz CT molecular complexity index is 327. The van der Waals surface area contributed by atoms with E-state index in [1.165, 1.54) is 0 Å². The molecule has 0 saturated heterocycles. The number of rotatable bonds is 2. The lowest BCUT2D eigenvalue weighted by atomic mass is 10.1. The molecule has 0 spiro atoms. The summed E-state index contributed by atoms with van der Waals surface area (Å²) in [6.07, 6.45) is -8.26. The highest BCUT2D eigenvalue weighted by Gasteiger charge is 2.38. The van der Waals surface area contributed by atoms with Crippen molar-refractivity contribution in [3.05, 3.63) is 35.4 Å². The van der Waals surface area contributed by atoms with Gasteiger partial charge in [-0.25, -0.2) is 8.78 Å². The van der Waals surface area contributed by atoms with Crippen LogP contribution in [0.1, 0.15) is 5.56 Å². The summed E-state index contributed by atoms with van der Waals surface area (Å²) >= 11 is 0. The first-order chi connectivity index (χ1) is 6.79. The van der Waals surface area contributed by atoms with Crippen molar-refractivity contribution in [1.82, 2.24) is 0 Å². The van der Waals surface area contributed by atoms with Gasteiger partial charge in [-0.1, -0.05) is 0 Å². The zero-order chi connectivity index (χ0) is 11.6. The highest BCUT2D eigenvalue weighted by molar-refractivity contribution is 5.18. The van der Waals surface area contributed by atoms with Crippen molar-refractivity contribution in [3.8, 4) is 0 Å². The molecule has 0 fully saturated rings. The Morgan fingerprint density at radius 2 is 1.53 bits per heavy atom. The van der Waals surface area contributed by atoms with Gasteiger partial charge in [0.1, 0.15) is 11.6 Å². The van der Waals surface area contributed by atoms with Crippen LogP contribution >= 0.6 is 0 Å². The molecule has 0 bridgehead atoms. The van der Waals surface area contributed by atoms with Gasteiger partial charge in [0.2, 0.25) is 0 Å². The van der Waals surface area contributed by atoms with Gasteiger partial charge in [-0.3, -0.25) is 0 Å². The van der Waals surface area contributed by atoms with Crippen LogP contribution < -0.4 is 0 Å². The van der Waals surface area contributed by atoms with Crippen LogP contribution in [0.25, 0.3) is 0 Å². The van der Waals surface area contributed by atoms with E-state index >= 15 is 0 Å². The number of aliphatic hydroxyl groups excluding tert-OH is 1. The number of halogens is 5. The first-order valence-corrected chi connectivity index (χ1v) is 3.99. The lowest BCUT2D eigenvalue weighted by molar-refractivity contribution is -0.203. The molecule has 0 aliphatic carbocycles. The largest absolute Gasteiger partial charge is 0.414 e. The molecule has 1 nitrogen and oxygen atoms in total. The molecule has 0 heterocycles. The van der Waals surface area contributed by atoms with Gasteiger partial charge in [0.05, 0.1) is 0 Å². The maximum absolute atomic E-state index is 12.6. The number of aliphatic hydroxyl groups is 1. The number of benzene rings is 1. The lowest BCUT2D eigenvalue weighted by Gasteiger charge is -2.14. The molecule has 1 aromatic rings. The summed E-state index contributed by atoms with van der Waals surface area (Å²) in [5, 5.41) is 8.65. The third-order valence-electron chi connectivity index (χ3n) is 1.73. The van der Waals surface area contributed by atoms with Gasteiger partial charge in [-0.05, 0) is 17.7 Å². The Morgan fingerprint density at radius 1 is 1.07 bits per heavy atom. The fourth-order valence-corrected chi connectivity index (χ4v) is 1.07. The Kier molecular flexibility index (Phi) is 3.28. The predicted molar refractivity (Wildman–Crippen MR) is 42.1 cm³/mol. The van der Waals surface area contributed by atoms with Gasteiger partial charge in [-0.15, -0.1) is 0 Å². The highest BCUT2D eigenvalue weighted by atomic mass is 19.4. The minimum atomic E-state index is -4.79. The van der Waals surface area contributed by atoms with Gasteiger partial charge in [0.25, 0.3) is 0 Å². The van der Waals surface area contributed by atoms with E-state index < -0.39 is 30.3 Å². The van der Waals surface area contributed by atoms with Crippen molar-refractivity contribution in [3.63, 3.8) is 0 Å². The molecule has 0 amide bonds. The Hall–Kier alpha value is -1.17. The smallest absolute Gasteiger partial charge is 0.383 e. The van der Waals surface area contributed by atoms with Crippen molar-refractivity contribution in [2.24, 2.45) is 0 Å². The van der Waals surface area contributed by atoms with Crippen LogP contribution in [-0.2, 0) is 6.42 Å². The zero-order valence-electron chi connectivity index (χ0n) is 7.35. The summed E-state index contributed by atoms with van der Waals surface area (Å²) < 4.78 is 60.8. The normalized spacial score (nSPS) is 14.0. The third kappa shape index (κ3) is 3.47. The molecule has 0 radical (unpaired) electrons. The molecule has 15 heavy (non-hydrogen) atoms. The van der Waals surface area contributed by atoms with E-state index in [1.807, 2.05) is 0 Å². The van der Waals surface area contributed by atoms with Crippen molar-refractivity contribution >= 4 is 0 Å². The maximum Gasteiger partial charge on any atom is 0.414 e. The Labute approximate surface area is 82.1 Å². The van der Waals surface area contributed by atoms with E-state index in [4.69, 9.17) is 5.11 Å². The van der Waals surface area contributed by atoms with Crippen molar-refractivity contribution in [1.29, 1.82) is 0 Å². The van der Waals surface area contributed by atoms with Crippen LogP contribution in [0.5, 0.6) is 0 Å². The van der Waals surface area contributed by atoms with Crippen LogP contribution in [-0.4, -0.2) is 17.4 Å². The fraction of sp³-hybridized carbons (Fsp3) is 0.333. The maximum atomic E-state index is 12.6. The van der Waals surface area contributed by atoms with Gasteiger partial charge < -0.3 is 5.11 Å². The summed E-state index contributed by atoms with van der Waals surface area (Å²) in [6, 6.07) is 2.04. The van der Waals surface area contributed by atoms with E-state index in [1.54, 1.807) is 0 Å². The monoisotopic (exact) mass is 226 g/mol. The third-order valence-corrected chi connectivity index (χ3v) is 1.73. The predicted octanol–water partition coefficient (Wildman–Crippen LogP) is 2.43. The quantitative estimate of drug-likeness (QED) is 0.768. The van der Waals surface area contributed by atoms with E-state index in [9.17, 15) is 22.0 Å². The average molecular weight is 226 g/mol.